The second kappa shape index (κ2) is 9.71. The minimum Gasteiger partial charge on any atom is -0.378 e. The van der Waals surface area contributed by atoms with Gasteiger partial charge in [0.2, 0.25) is 5.91 Å². The first-order chi connectivity index (χ1) is 13.1. The number of thioether (sulfide) groups is 1. The molecule has 0 spiro atoms. The van der Waals surface area contributed by atoms with Gasteiger partial charge < -0.3 is 14.5 Å². The van der Waals surface area contributed by atoms with E-state index in [9.17, 15) is 4.79 Å². The molecule has 6 nitrogen and oxygen atoms in total. The van der Waals surface area contributed by atoms with Gasteiger partial charge in [0, 0.05) is 51.9 Å². The zero-order chi connectivity index (χ0) is 19.1. The molecule has 1 amide bonds. The van der Waals surface area contributed by atoms with E-state index in [1.165, 1.54) is 11.8 Å². The summed E-state index contributed by atoms with van der Waals surface area (Å²) in [5.74, 6) is 0.409. The first kappa shape index (κ1) is 19.6. The minimum absolute atomic E-state index is 0.0830. The maximum absolute atomic E-state index is 12.9. The topological polar surface area (TPSA) is 58.6 Å². The van der Waals surface area contributed by atoms with Gasteiger partial charge >= 0.3 is 0 Å². The van der Waals surface area contributed by atoms with Crippen molar-refractivity contribution < 1.29 is 9.53 Å². The third-order valence-corrected chi connectivity index (χ3v) is 5.35. The fourth-order valence-electron chi connectivity index (χ4n) is 2.99. The molecule has 7 heteroatoms. The van der Waals surface area contributed by atoms with Crippen LogP contribution in [0.3, 0.4) is 0 Å². The van der Waals surface area contributed by atoms with Crippen LogP contribution in [0.4, 0.5) is 5.69 Å². The molecular weight excluding hydrogens is 360 g/mol. The van der Waals surface area contributed by atoms with Gasteiger partial charge in [-0.05, 0) is 36.6 Å². The predicted molar refractivity (Wildman–Crippen MR) is 108 cm³/mol. The SMILES string of the molecule is CN(C)c1ccc(CN(C[C@H]2CCCO2)C(=O)CSc2ncccn2)cc1. The number of carbonyl (C=O) groups excluding carboxylic acids is 1. The summed E-state index contributed by atoms with van der Waals surface area (Å²) in [4.78, 5) is 25.2. The fourth-order valence-corrected chi connectivity index (χ4v) is 3.69. The summed E-state index contributed by atoms with van der Waals surface area (Å²) in [5.41, 5.74) is 2.26. The van der Waals surface area contributed by atoms with Gasteiger partial charge in [-0.1, -0.05) is 23.9 Å². The lowest BCUT2D eigenvalue weighted by atomic mass is 10.1. The van der Waals surface area contributed by atoms with E-state index in [1.807, 2.05) is 19.0 Å². The van der Waals surface area contributed by atoms with Gasteiger partial charge in [0.1, 0.15) is 0 Å². The quantitative estimate of drug-likeness (QED) is 0.514. The van der Waals surface area contributed by atoms with Crippen LogP contribution in [0.15, 0.2) is 47.9 Å². The van der Waals surface area contributed by atoms with Crippen molar-refractivity contribution in [3.05, 3.63) is 48.3 Å². The lowest BCUT2D eigenvalue weighted by Gasteiger charge is -2.26. The summed E-state index contributed by atoms with van der Waals surface area (Å²) in [6, 6.07) is 10.1. The molecule has 1 atom stereocenters. The highest BCUT2D eigenvalue weighted by Crippen LogP contribution is 2.19. The minimum atomic E-state index is 0.0830. The third kappa shape index (κ3) is 5.94. The van der Waals surface area contributed by atoms with Gasteiger partial charge in [-0.3, -0.25) is 4.79 Å². The summed E-state index contributed by atoms with van der Waals surface area (Å²) in [5, 5.41) is 0.623. The summed E-state index contributed by atoms with van der Waals surface area (Å²) in [6.45, 7) is 2.00. The second-order valence-corrected chi connectivity index (χ2v) is 7.73. The Morgan fingerprint density at radius 3 is 2.59 bits per heavy atom. The number of ether oxygens (including phenoxy) is 1. The van der Waals surface area contributed by atoms with E-state index < -0.39 is 0 Å². The van der Waals surface area contributed by atoms with E-state index in [0.717, 1.165) is 30.7 Å². The summed E-state index contributed by atoms with van der Waals surface area (Å²) in [6.07, 6.45) is 5.59. The third-order valence-electron chi connectivity index (χ3n) is 4.49. The van der Waals surface area contributed by atoms with Crippen molar-refractivity contribution in [2.24, 2.45) is 0 Å². The van der Waals surface area contributed by atoms with Crippen LogP contribution in [0.5, 0.6) is 0 Å². The zero-order valence-electron chi connectivity index (χ0n) is 15.9. The molecule has 1 saturated heterocycles. The number of carbonyl (C=O) groups is 1. The Labute approximate surface area is 164 Å². The zero-order valence-corrected chi connectivity index (χ0v) is 16.7. The van der Waals surface area contributed by atoms with Gasteiger partial charge in [0.05, 0.1) is 11.9 Å². The lowest BCUT2D eigenvalue weighted by Crippen LogP contribution is -2.38. The summed E-state index contributed by atoms with van der Waals surface area (Å²) < 4.78 is 5.75. The molecule has 144 valence electrons. The second-order valence-electron chi connectivity index (χ2n) is 6.79. The molecule has 0 radical (unpaired) electrons. The Hall–Kier alpha value is -2.12. The number of anilines is 1. The van der Waals surface area contributed by atoms with Crippen LogP contribution in [0.25, 0.3) is 0 Å². The molecule has 1 aliphatic heterocycles. The van der Waals surface area contributed by atoms with Gasteiger partial charge in [-0.2, -0.15) is 0 Å². The van der Waals surface area contributed by atoms with Crippen molar-refractivity contribution in [3.8, 4) is 0 Å². The van der Waals surface area contributed by atoms with Crippen molar-refractivity contribution in [1.29, 1.82) is 0 Å². The van der Waals surface area contributed by atoms with Gasteiger partial charge in [0.15, 0.2) is 5.16 Å². The van der Waals surface area contributed by atoms with Gasteiger partial charge in [-0.25, -0.2) is 9.97 Å². The predicted octanol–water partition coefficient (Wildman–Crippen LogP) is 2.84. The number of nitrogens with zero attached hydrogens (tertiary/aromatic N) is 4. The number of rotatable bonds is 8. The number of amides is 1. The van der Waals surface area contributed by atoms with E-state index in [1.54, 1.807) is 18.5 Å². The molecule has 0 N–H and O–H groups in total. The number of benzene rings is 1. The first-order valence-corrected chi connectivity index (χ1v) is 10.2. The van der Waals surface area contributed by atoms with Crippen molar-refractivity contribution in [2.45, 2.75) is 30.6 Å². The first-order valence-electron chi connectivity index (χ1n) is 9.17. The molecule has 27 heavy (non-hydrogen) atoms. The standard InChI is InChI=1S/C20H26N4O2S/c1-23(2)17-8-6-16(7-9-17)13-24(14-18-5-3-12-26-18)19(25)15-27-20-21-10-4-11-22-20/h4,6-11,18H,3,5,12-15H2,1-2H3/t18-/m1/s1. The molecule has 2 heterocycles. The highest BCUT2D eigenvalue weighted by Gasteiger charge is 2.23. The van der Waals surface area contributed by atoms with Crippen LogP contribution < -0.4 is 4.90 Å². The maximum Gasteiger partial charge on any atom is 0.233 e. The van der Waals surface area contributed by atoms with Crippen molar-refractivity contribution in [1.82, 2.24) is 14.9 Å². The smallest absolute Gasteiger partial charge is 0.233 e. The van der Waals surface area contributed by atoms with Crippen molar-refractivity contribution in [2.75, 3.05) is 37.9 Å². The molecule has 1 aliphatic rings. The Kier molecular flexibility index (Phi) is 7.06. The van der Waals surface area contributed by atoms with Gasteiger partial charge in [-0.15, -0.1) is 0 Å². The van der Waals surface area contributed by atoms with Crippen LogP contribution >= 0.6 is 11.8 Å². The highest BCUT2D eigenvalue weighted by molar-refractivity contribution is 7.99. The number of aromatic nitrogens is 2. The largest absolute Gasteiger partial charge is 0.378 e. The van der Waals surface area contributed by atoms with E-state index in [2.05, 4.69) is 39.1 Å². The molecule has 1 aromatic heterocycles. The van der Waals surface area contributed by atoms with E-state index in [-0.39, 0.29) is 12.0 Å². The van der Waals surface area contributed by atoms with Crippen molar-refractivity contribution >= 4 is 23.4 Å². The van der Waals surface area contributed by atoms with Crippen LogP contribution in [0.1, 0.15) is 18.4 Å². The Morgan fingerprint density at radius 1 is 1.22 bits per heavy atom. The van der Waals surface area contributed by atoms with Crippen LogP contribution in [0.2, 0.25) is 0 Å². The molecule has 2 aromatic rings. The summed E-state index contributed by atoms with van der Waals surface area (Å²) in [7, 11) is 4.04. The molecule has 0 bridgehead atoms. The number of hydrogen-bond donors (Lipinski definition) is 0. The summed E-state index contributed by atoms with van der Waals surface area (Å²) >= 11 is 1.37. The Balaban J connectivity index is 1.64. The Bertz CT molecular complexity index is 719. The van der Waals surface area contributed by atoms with E-state index in [4.69, 9.17) is 4.74 Å². The van der Waals surface area contributed by atoms with E-state index >= 15 is 0 Å². The average molecular weight is 387 g/mol. The van der Waals surface area contributed by atoms with Crippen molar-refractivity contribution in [3.63, 3.8) is 0 Å². The normalized spacial score (nSPS) is 16.3. The van der Waals surface area contributed by atoms with Crippen LogP contribution in [-0.2, 0) is 16.1 Å². The van der Waals surface area contributed by atoms with Crippen LogP contribution in [0, 0.1) is 0 Å². The fraction of sp³-hybridized carbons (Fsp3) is 0.450. The number of hydrogen-bond acceptors (Lipinski definition) is 6. The lowest BCUT2D eigenvalue weighted by molar-refractivity contribution is -0.130. The van der Waals surface area contributed by atoms with E-state index in [0.29, 0.717) is 24.0 Å². The highest BCUT2D eigenvalue weighted by atomic mass is 32.2. The molecule has 3 rings (SSSR count). The molecule has 0 unspecified atom stereocenters. The molecule has 0 aliphatic carbocycles. The molecule has 1 aromatic carbocycles. The maximum atomic E-state index is 12.9. The molecular formula is C20H26N4O2S. The van der Waals surface area contributed by atoms with Gasteiger partial charge in [0.25, 0.3) is 0 Å². The molecule has 1 fully saturated rings. The Morgan fingerprint density at radius 2 is 1.96 bits per heavy atom. The molecule has 0 saturated carbocycles. The average Bonchev–Trinajstić information content (AvgIpc) is 3.20. The van der Waals surface area contributed by atoms with Crippen LogP contribution in [-0.4, -0.2) is 59.9 Å². The monoisotopic (exact) mass is 386 g/mol.